The largest absolute Gasteiger partial charge is 0.322 e. The smallest absolute Gasteiger partial charge is 0.279 e. The number of hydrogen-bond acceptors (Lipinski definition) is 5. The Morgan fingerprint density at radius 2 is 1.75 bits per heavy atom. The molecule has 24 heavy (non-hydrogen) atoms. The first-order chi connectivity index (χ1) is 11.2. The summed E-state index contributed by atoms with van der Waals surface area (Å²) in [7, 11) is 0. The molecule has 0 saturated carbocycles. The summed E-state index contributed by atoms with van der Waals surface area (Å²) in [5.74, 6) is -1.37. The lowest BCUT2D eigenvalue weighted by molar-refractivity contribution is -0.394. The van der Waals surface area contributed by atoms with Crippen LogP contribution in [0.25, 0.3) is 0 Å². The molecule has 2 rings (SSSR count). The molecule has 1 amide bonds. The topological polar surface area (TPSA) is 115 Å². The molecule has 124 valence electrons. The van der Waals surface area contributed by atoms with E-state index in [2.05, 4.69) is 5.32 Å². The van der Waals surface area contributed by atoms with E-state index in [9.17, 15) is 29.4 Å². The number of anilines is 1. The maximum atomic E-state index is 13.3. The maximum Gasteiger partial charge on any atom is 0.279 e. The standard InChI is InChI=1S/C15H12FN3O5/c1-8-3-4-10(16)5-13(8)17-15(20)12-6-11(18(21)22)7-14(9(12)2)19(23)24/h3-7H,1-2H3,(H,17,20). The van der Waals surface area contributed by atoms with Crippen LogP contribution in [0.1, 0.15) is 21.5 Å². The fourth-order valence-electron chi connectivity index (χ4n) is 2.13. The summed E-state index contributed by atoms with van der Waals surface area (Å²) in [4.78, 5) is 32.7. The quantitative estimate of drug-likeness (QED) is 0.679. The third-order valence-electron chi connectivity index (χ3n) is 3.46. The molecule has 9 heteroatoms. The molecule has 0 aliphatic rings. The van der Waals surface area contributed by atoms with Gasteiger partial charge in [-0.15, -0.1) is 0 Å². The Kier molecular flexibility index (Phi) is 4.54. The van der Waals surface area contributed by atoms with E-state index in [4.69, 9.17) is 0 Å². The van der Waals surface area contributed by atoms with E-state index < -0.39 is 32.9 Å². The highest BCUT2D eigenvalue weighted by Crippen LogP contribution is 2.29. The second-order valence-corrected chi connectivity index (χ2v) is 5.07. The van der Waals surface area contributed by atoms with Crippen molar-refractivity contribution in [3.63, 3.8) is 0 Å². The first-order valence-electron chi connectivity index (χ1n) is 6.71. The molecule has 0 unspecified atom stereocenters. The Balaban J connectivity index is 2.50. The van der Waals surface area contributed by atoms with E-state index in [1.807, 2.05) is 0 Å². The van der Waals surface area contributed by atoms with Crippen LogP contribution in [-0.2, 0) is 0 Å². The summed E-state index contributed by atoms with van der Waals surface area (Å²) in [5.41, 5.74) is -0.605. The minimum atomic E-state index is -0.823. The van der Waals surface area contributed by atoms with Crippen LogP contribution in [0.2, 0.25) is 0 Å². The fraction of sp³-hybridized carbons (Fsp3) is 0.133. The van der Waals surface area contributed by atoms with Crippen molar-refractivity contribution < 1.29 is 19.0 Å². The van der Waals surface area contributed by atoms with Gasteiger partial charge in [0.1, 0.15) is 5.82 Å². The fourth-order valence-corrected chi connectivity index (χ4v) is 2.13. The van der Waals surface area contributed by atoms with E-state index in [0.29, 0.717) is 5.56 Å². The van der Waals surface area contributed by atoms with Crippen molar-refractivity contribution in [3.8, 4) is 0 Å². The highest BCUT2D eigenvalue weighted by atomic mass is 19.1. The second-order valence-electron chi connectivity index (χ2n) is 5.07. The molecule has 2 aromatic rings. The van der Waals surface area contributed by atoms with Crippen LogP contribution in [0.5, 0.6) is 0 Å². The molecule has 8 nitrogen and oxygen atoms in total. The van der Waals surface area contributed by atoms with Crippen LogP contribution >= 0.6 is 0 Å². The molecular formula is C15H12FN3O5. The van der Waals surface area contributed by atoms with Crippen molar-refractivity contribution in [1.82, 2.24) is 0 Å². The first kappa shape index (κ1) is 17.0. The number of aryl methyl sites for hydroxylation is 1. The summed E-state index contributed by atoms with van der Waals surface area (Å²) >= 11 is 0. The number of carbonyl (C=O) groups is 1. The third-order valence-corrected chi connectivity index (χ3v) is 3.46. The Morgan fingerprint density at radius 1 is 1.08 bits per heavy atom. The van der Waals surface area contributed by atoms with Gasteiger partial charge >= 0.3 is 0 Å². The van der Waals surface area contributed by atoms with Crippen LogP contribution in [0, 0.1) is 39.9 Å². The molecule has 0 radical (unpaired) electrons. The van der Waals surface area contributed by atoms with Crippen molar-refractivity contribution in [2.24, 2.45) is 0 Å². The predicted molar refractivity (Wildman–Crippen MR) is 83.6 cm³/mol. The summed E-state index contributed by atoms with van der Waals surface area (Å²) in [6.07, 6.45) is 0. The number of nitro groups is 2. The van der Waals surface area contributed by atoms with Gasteiger partial charge in [-0.3, -0.25) is 25.0 Å². The number of benzene rings is 2. The number of hydrogen-bond donors (Lipinski definition) is 1. The molecule has 0 aliphatic heterocycles. The van der Waals surface area contributed by atoms with Crippen molar-refractivity contribution in [1.29, 1.82) is 0 Å². The number of nitrogens with one attached hydrogen (secondary N) is 1. The molecule has 0 bridgehead atoms. The molecular weight excluding hydrogens is 321 g/mol. The van der Waals surface area contributed by atoms with Crippen LogP contribution in [0.15, 0.2) is 30.3 Å². The average molecular weight is 333 g/mol. The number of non-ortho nitro benzene ring substituents is 1. The van der Waals surface area contributed by atoms with Gasteiger partial charge in [-0.2, -0.15) is 0 Å². The molecule has 0 fully saturated rings. The minimum Gasteiger partial charge on any atom is -0.322 e. The lowest BCUT2D eigenvalue weighted by Crippen LogP contribution is -2.15. The minimum absolute atomic E-state index is 0.0165. The number of rotatable bonds is 4. The number of nitrogens with zero attached hydrogens (tertiary/aromatic N) is 2. The van der Waals surface area contributed by atoms with Crippen LogP contribution in [-0.4, -0.2) is 15.8 Å². The maximum absolute atomic E-state index is 13.3. The number of halogens is 1. The van der Waals surface area contributed by atoms with E-state index in [1.54, 1.807) is 6.92 Å². The molecule has 0 aliphatic carbocycles. The van der Waals surface area contributed by atoms with Gasteiger partial charge in [-0.1, -0.05) is 6.07 Å². The van der Waals surface area contributed by atoms with Gasteiger partial charge in [0, 0.05) is 17.3 Å². The zero-order valence-corrected chi connectivity index (χ0v) is 12.7. The zero-order chi connectivity index (χ0) is 18.0. The van der Waals surface area contributed by atoms with Crippen molar-refractivity contribution in [2.75, 3.05) is 5.32 Å². The van der Waals surface area contributed by atoms with Gasteiger partial charge in [0.25, 0.3) is 17.3 Å². The summed E-state index contributed by atoms with van der Waals surface area (Å²) in [6, 6.07) is 5.50. The molecule has 0 spiro atoms. The molecule has 1 N–H and O–H groups in total. The molecule has 2 aromatic carbocycles. The van der Waals surface area contributed by atoms with Gasteiger partial charge < -0.3 is 5.32 Å². The van der Waals surface area contributed by atoms with Crippen LogP contribution < -0.4 is 5.32 Å². The van der Waals surface area contributed by atoms with E-state index in [1.165, 1.54) is 19.1 Å². The van der Waals surface area contributed by atoms with Crippen molar-refractivity contribution >= 4 is 23.0 Å². The normalized spacial score (nSPS) is 10.3. The first-order valence-corrected chi connectivity index (χ1v) is 6.71. The molecule has 0 aromatic heterocycles. The Labute approximate surface area is 135 Å². The monoisotopic (exact) mass is 333 g/mol. The summed E-state index contributed by atoms with van der Waals surface area (Å²) in [5, 5.41) is 24.4. The Hall–Kier alpha value is -3.36. The summed E-state index contributed by atoms with van der Waals surface area (Å²) < 4.78 is 13.3. The lowest BCUT2D eigenvalue weighted by Gasteiger charge is -2.10. The van der Waals surface area contributed by atoms with E-state index in [0.717, 1.165) is 18.2 Å². The van der Waals surface area contributed by atoms with Gasteiger partial charge in [0.15, 0.2) is 0 Å². The molecule has 0 heterocycles. The highest BCUT2D eigenvalue weighted by Gasteiger charge is 2.25. The van der Waals surface area contributed by atoms with E-state index >= 15 is 0 Å². The number of carbonyl (C=O) groups excluding carboxylic acids is 1. The highest BCUT2D eigenvalue weighted by molar-refractivity contribution is 6.06. The number of nitro benzene ring substituents is 2. The zero-order valence-electron chi connectivity index (χ0n) is 12.7. The Bertz CT molecular complexity index is 866. The van der Waals surface area contributed by atoms with Crippen LogP contribution in [0.4, 0.5) is 21.5 Å². The average Bonchev–Trinajstić information content (AvgIpc) is 2.50. The number of amides is 1. The Morgan fingerprint density at radius 3 is 2.33 bits per heavy atom. The van der Waals surface area contributed by atoms with E-state index in [-0.39, 0.29) is 16.8 Å². The lowest BCUT2D eigenvalue weighted by atomic mass is 10.0. The summed E-state index contributed by atoms with van der Waals surface area (Å²) in [6.45, 7) is 2.95. The van der Waals surface area contributed by atoms with Crippen LogP contribution in [0.3, 0.4) is 0 Å². The third kappa shape index (κ3) is 3.35. The van der Waals surface area contributed by atoms with Gasteiger partial charge in [0.2, 0.25) is 0 Å². The van der Waals surface area contributed by atoms with Gasteiger partial charge in [-0.05, 0) is 31.5 Å². The van der Waals surface area contributed by atoms with Gasteiger partial charge in [0.05, 0.1) is 21.5 Å². The van der Waals surface area contributed by atoms with Gasteiger partial charge in [-0.25, -0.2) is 4.39 Å². The molecule has 0 saturated heterocycles. The molecule has 0 atom stereocenters. The second kappa shape index (κ2) is 6.41. The predicted octanol–water partition coefficient (Wildman–Crippen LogP) is 3.51. The van der Waals surface area contributed by atoms with Crippen molar-refractivity contribution in [3.05, 3.63) is 73.1 Å². The van der Waals surface area contributed by atoms with Crippen molar-refractivity contribution in [2.45, 2.75) is 13.8 Å². The SMILES string of the molecule is Cc1ccc(F)cc1NC(=O)c1cc([N+](=O)[O-])cc([N+](=O)[O-])c1C.